The fourth-order valence-corrected chi connectivity index (χ4v) is 2.07. The van der Waals surface area contributed by atoms with E-state index in [0.717, 1.165) is 0 Å². The van der Waals surface area contributed by atoms with Gasteiger partial charge in [0.2, 0.25) is 5.78 Å². The maximum atomic E-state index is 12.6. The van der Waals surface area contributed by atoms with Gasteiger partial charge in [0.1, 0.15) is 5.69 Å². The highest BCUT2D eigenvalue weighted by Crippen LogP contribution is 2.20. The van der Waals surface area contributed by atoms with Gasteiger partial charge in [-0.05, 0) is 19.9 Å². The molecule has 0 aliphatic heterocycles. The van der Waals surface area contributed by atoms with E-state index in [1.165, 1.54) is 6.20 Å². The Balaban J connectivity index is 2.42. The van der Waals surface area contributed by atoms with E-state index < -0.39 is 0 Å². The summed E-state index contributed by atoms with van der Waals surface area (Å²) in [6, 6.07) is 1.70. The summed E-state index contributed by atoms with van der Waals surface area (Å²) in [5, 5.41) is 12.3. The molecule has 2 heterocycles. The molecule has 2 rings (SSSR count). The van der Waals surface area contributed by atoms with Gasteiger partial charge in [-0.2, -0.15) is 15.3 Å². The van der Waals surface area contributed by atoms with Crippen LogP contribution in [-0.2, 0) is 11.3 Å². The quantitative estimate of drug-likeness (QED) is 0.787. The number of aromatic nitrogens is 4. The number of rotatable bonds is 5. The molecular formula is C13H15ClN4O2. The van der Waals surface area contributed by atoms with Crippen LogP contribution in [0.1, 0.15) is 27.4 Å². The van der Waals surface area contributed by atoms with E-state index in [1.54, 1.807) is 31.7 Å². The minimum Gasteiger partial charge on any atom is -0.383 e. The van der Waals surface area contributed by atoms with Crippen molar-refractivity contribution >= 4 is 17.4 Å². The average molecular weight is 295 g/mol. The summed E-state index contributed by atoms with van der Waals surface area (Å²) in [6.45, 7) is 4.43. The third-order valence-electron chi connectivity index (χ3n) is 2.86. The average Bonchev–Trinajstić information content (AvgIpc) is 2.79. The van der Waals surface area contributed by atoms with Gasteiger partial charge in [-0.25, -0.2) is 0 Å². The summed E-state index contributed by atoms with van der Waals surface area (Å²) in [7, 11) is 1.59. The second kappa shape index (κ2) is 6.11. The molecule has 0 radical (unpaired) electrons. The van der Waals surface area contributed by atoms with Crippen molar-refractivity contribution in [1.82, 2.24) is 20.0 Å². The van der Waals surface area contributed by atoms with Crippen molar-refractivity contribution in [2.45, 2.75) is 20.4 Å². The second-order valence-electron chi connectivity index (χ2n) is 4.37. The zero-order chi connectivity index (χ0) is 14.7. The van der Waals surface area contributed by atoms with Crippen molar-refractivity contribution in [3.63, 3.8) is 0 Å². The van der Waals surface area contributed by atoms with Gasteiger partial charge in [0.25, 0.3) is 0 Å². The van der Waals surface area contributed by atoms with E-state index >= 15 is 0 Å². The summed E-state index contributed by atoms with van der Waals surface area (Å²) < 4.78 is 6.55. The van der Waals surface area contributed by atoms with Crippen LogP contribution >= 0.6 is 11.6 Å². The lowest BCUT2D eigenvalue weighted by molar-refractivity contribution is 0.102. The molecule has 0 unspecified atom stereocenters. The molecule has 0 aromatic carbocycles. The fraction of sp³-hybridized carbons (Fsp3) is 0.385. The van der Waals surface area contributed by atoms with Crippen LogP contribution in [0.15, 0.2) is 12.3 Å². The lowest BCUT2D eigenvalue weighted by atomic mass is 10.1. The topological polar surface area (TPSA) is 69.9 Å². The number of carbonyl (C=O) groups is 1. The van der Waals surface area contributed by atoms with Crippen LogP contribution in [0.25, 0.3) is 0 Å². The molecule has 0 aliphatic carbocycles. The lowest BCUT2D eigenvalue weighted by Crippen LogP contribution is -2.16. The molecule has 0 atom stereocenters. The van der Waals surface area contributed by atoms with Crippen LogP contribution in [-0.4, -0.2) is 39.5 Å². The fourth-order valence-electron chi connectivity index (χ4n) is 1.84. The predicted molar refractivity (Wildman–Crippen MR) is 74.1 cm³/mol. The predicted octanol–water partition coefficient (Wildman–Crippen LogP) is 1.82. The van der Waals surface area contributed by atoms with Crippen molar-refractivity contribution in [2.75, 3.05) is 13.7 Å². The van der Waals surface area contributed by atoms with Gasteiger partial charge in [-0.15, -0.1) is 0 Å². The van der Waals surface area contributed by atoms with Crippen LogP contribution in [0.5, 0.6) is 0 Å². The van der Waals surface area contributed by atoms with Gasteiger partial charge in [0.05, 0.1) is 35.8 Å². The number of hydrogen-bond acceptors (Lipinski definition) is 5. The van der Waals surface area contributed by atoms with Crippen LogP contribution in [0.3, 0.4) is 0 Å². The molecule has 2 aromatic heterocycles. The van der Waals surface area contributed by atoms with Crippen LogP contribution in [0, 0.1) is 13.8 Å². The Bertz CT molecular complexity index is 639. The molecular weight excluding hydrogens is 280 g/mol. The molecule has 0 amide bonds. The smallest absolute Gasteiger partial charge is 0.214 e. The van der Waals surface area contributed by atoms with Crippen LogP contribution in [0.4, 0.5) is 0 Å². The molecule has 106 valence electrons. The van der Waals surface area contributed by atoms with Gasteiger partial charge in [0, 0.05) is 12.7 Å². The van der Waals surface area contributed by atoms with E-state index in [1.807, 2.05) is 0 Å². The van der Waals surface area contributed by atoms with Crippen molar-refractivity contribution in [1.29, 1.82) is 0 Å². The lowest BCUT2D eigenvalue weighted by Gasteiger charge is -2.08. The second-order valence-corrected chi connectivity index (χ2v) is 4.78. The SMILES string of the molecule is COCCn1ncc(Cl)c1C(=O)c1cc(C)nnc1C. The Morgan fingerprint density at radius 3 is 2.85 bits per heavy atom. The van der Waals surface area contributed by atoms with Gasteiger partial charge >= 0.3 is 0 Å². The summed E-state index contributed by atoms with van der Waals surface area (Å²) in [6.07, 6.45) is 1.46. The molecule has 0 bridgehead atoms. The van der Waals surface area contributed by atoms with E-state index in [-0.39, 0.29) is 5.78 Å². The number of nitrogens with zero attached hydrogens (tertiary/aromatic N) is 4. The maximum absolute atomic E-state index is 12.6. The summed E-state index contributed by atoms with van der Waals surface area (Å²) in [5.74, 6) is -0.209. The Labute approximate surface area is 121 Å². The molecule has 0 N–H and O–H groups in total. The molecule has 0 fully saturated rings. The molecule has 0 aliphatic rings. The highest BCUT2D eigenvalue weighted by molar-refractivity contribution is 6.34. The van der Waals surface area contributed by atoms with E-state index in [9.17, 15) is 4.79 Å². The first kappa shape index (κ1) is 14.6. The normalized spacial score (nSPS) is 10.8. The highest BCUT2D eigenvalue weighted by atomic mass is 35.5. The molecule has 7 heteroatoms. The maximum Gasteiger partial charge on any atom is 0.214 e. The van der Waals surface area contributed by atoms with Crippen molar-refractivity contribution < 1.29 is 9.53 Å². The summed E-state index contributed by atoms with van der Waals surface area (Å²) in [4.78, 5) is 12.6. The number of halogens is 1. The standard InChI is InChI=1S/C13H15ClN4O2/c1-8-6-10(9(2)17-16-8)13(19)12-11(14)7-15-18(12)4-5-20-3/h6-7H,4-5H2,1-3H3. The van der Waals surface area contributed by atoms with E-state index in [4.69, 9.17) is 16.3 Å². The van der Waals surface area contributed by atoms with E-state index in [2.05, 4.69) is 15.3 Å². The number of hydrogen-bond donors (Lipinski definition) is 0. The summed E-state index contributed by atoms with van der Waals surface area (Å²) in [5.41, 5.74) is 2.08. The first-order valence-corrected chi connectivity index (χ1v) is 6.48. The minimum atomic E-state index is -0.209. The molecule has 0 spiro atoms. The van der Waals surface area contributed by atoms with Crippen molar-refractivity contribution in [3.05, 3.63) is 39.9 Å². The molecule has 20 heavy (non-hydrogen) atoms. The van der Waals surface area contributed by atoms with Gasteiger partial charge in [0.15, 0.2) is 0 Å². The molecule has 2 aromatic rings. The van der Waals surface area contributed by atoms with Gasteiger partial charge < -0.3 is 4.74 Å². The number of ketones is 1. The summed E-state index contributed by atoms with van der Waals surface area (Å²) >= 11 is 6.08. The largest absolute Gasteiger partial charge is 0.383 e. The zero-order valence-electron chi connectivity index (χ0n) is 11.6. The molecule has 0 saturated heterocycles. The highest BCUT2D eigenvalue weighted by Gasteiger charge is 2.21. The first-order chi connectivity index (χ1) is 9.54. The van der Waals surface area contributed by atoms with Gasteiger partial charge in [-0.1, -0.05) is 11.6 Å². The molecule has 6 nitrogen and oxygen atoms in total. The van der Waals surface area contributed by atoms with Gasteiger partial charge in [-0.3, -0.25) is 9.48 Å². The van der Waals surface area contributed by atoms with Crippen LogP contribution in [0.2, 0.25) is 5.02 Å². The number of ether oxygens (including phenoxy) is 1. The Morgan fingerprint density at radius 2 is 2.15 bits per heavy atom. The monoisotopic (exact) mass is 294 g/mol. The van der Waals surface area contributed by atoms with Crippen molar-refractivity contribution in [3.8, 4) is 0 Å². The minimum absolute atomic E-state index is 0.209. The third kappa shape index (κ3) is 2.86. The molecule has 0 saturated carbocycles. The Kier molecular flexibility index (Phi) is 4.46. The van der Waals surface area contributed by atoms with Crippen molar-refractivity contribution in [2.24, 2.45) is 0 Å². The van der Waals surface area contributed by atoms with E-state index in [0.29, 0.717) is 40.8 Å². The number of aryl methyl sites for hydroxylation is 2. The number of methoxy groups -OCH3 is 1. The Hall–Kier alpha value is -1.79. The zero-order valence-corrected chi connectivity index (χ0v) is 12.3. The van der Waals surface area contributed by atoms with Crippen LogP contribution < -0.4 is 0 Å². The first-order valence-electron chi connectivity index (χ1n) is 6.10. The number of carbonyl (C=O) groups excluding carboxylic acids is 1. The third-order valence-corrected chi connectivity index (χ3v) is 3.14. The Morgan fingerprint density at radius 1 is 1.40 bits per heavy atom.